The molecule has 0 radical (unpaired) electrons. The quantitative estimate of drug-likeness (QED) is 0.596. The fourth-order valence-electron chi connectivity index (χ4n) is 2.35. The molecule has 6 nitrogen and oxygen atoms in total. The van der Waals surface area contributed by atoms with Gasteiger partial charge in [-0.15, -0.1) is 0 Å². The van der Waals surface area contributed by atoms with Crippen LogP contribution in [0.2, 0.25) is 10.0 Å². The Hall–Kier alpha value is -2.12. The summed E-state index contributed by atoms with van der Waals surface area (Å²) in [7, 11) is 1.42. The number of carbonyl (C=O) groups excluding carboxylic acids is 1. The van der Waals surface area contributed by atoms with Gasteiger partial charge in [0.25, 0.3) is 0 Å². The zero-order valence-electron chi connectivity index (χ0n) is 15.4. The lowest BCUT2D eigenvalue weighted by Gasteiger charge is -2.07. The topological polar surface area (TPSA) is 110 Å². The minimum Gasteiger partial charge on any atom is -0.479 e. The maximum absolute atomic E-state index is 10.5. The Morgan fingerprint density at radius 3 is 2.07 bits per heavy atom. The molecule has 0 aliphatic rings. The second-order valence-corrected chi connectivity index (χ2v) is 6.87. The molecule has 0 aliphatic carbocycles. The van der Waals surface area contributed by atoms with E-state index in [2.05, 4.69) is 10.5 Å². The predicted octanol–water partition coefficient (Wildman–Crippen LogP) is 3.55. The van der Waals surface area contributed by atoms with Crippen LogP contribution in [0, 0.1) is 0 Å². The molecule has 0 saturated carbocycles. The molecule has 4 N–H and O–H groups in total. The molecule has 0 aliphatic heterocycles. The van der Waals surface area contributed by atoms with Crippen LogP contribution in [0.4, 0.5) is 0 Å². The Morgan fingerprint density at radius 2 is 1.64 bits per heavy atom. The van der Waals surface area contributed by atoms with Gasteiger partial charge in [0.2, 0.25) is 5.91 Å². The van der Waals surface area contributed by atoms with Gasteiger partial charge in [0.15, 0.2) is 6.10 Å². The van der Waals surface area contributed by atoms with Crippen molar-refractivity contribution in [3.8, 4) is 11.1 Å². The third kappa shape index (κ3) is 9.19. The van der Waals surface area contributed by atoms with E-state index in [9.17, 15) is 14.7 Å². The molecule has 0 heterocycles. The van der Waals surface area contributed by atoms with Crippen molar-refractivity contribution in [1.82, 2.24) is 0 Å². The standard InChI is InChI=1S/C17H16Cl2O3.C3H7NO2/c18-14-8-13(9-15(19)10-14)12-6-4-11(5-7-12)2-1-3-16(20)17(21)22;1-6-2-3(4)5/h4-10,16,20H,1-3H2,(H,21,22);2H2,1H3,(H2,4,5). The normalized spacial score (nSPS) is 11.3. The van der Waals surface area contributed by atoms with Crippen molar-refractivity contribution >= 4 is 35.1 Å². The largest absolute Gasteiger partial charge is 0.479 e. The second kappa shape index (κ2) is 12.4. The van der Waals surface area contributed by atoms with Gasteiger partial charge in [-0.25, -0.2) is 4.79 Å². The number of rotatable bonds is 8. The summed E-state index contributed by atoms with van der Waals surface area (Å²) >= 11 is 12.0. The van der Waals surface area contributed by atoms with E-state index >= 15 is 0 Å². The number of aliphatic hydroxyl groups excluding tert-OH is 1. The molecule has 1 amide bonds. The van der Waals surface area contributed by atoms with Crippen LogP contribution in [0.5, 0.6) is 0 Å². The Kier molecular flexibility index (Phi) is 10.6. The van der Waals surface area contributed by atoms with Crippen LogP contribution >= 0.6 is 23.2 Å². The summed E-state index contributed by atoms with van der Waals surface area (Å²) in [6, 6.07) is 13.3. The van der Waals surface area contributed by atoms with Crippen molar-refractivity contribution in [1.29, 1.82) is 0 Å². The number of aryl methyl sites for hydroxylation is 1. The van der Waals surface area contributed by atoms with Crippen molar-refractivity contribution in [3.05, 3.63) is 58.1 Å². The number of carbonyl (C=O) groups is 2. The molecule has 28 heavy (non-hydrogen) atoms. The highest BCUT2D eigenvalue weighted by molar-refractivity contribution is 6.35. The number of hydrogen-bond acceptors (Lipinski definition) is 4. The number of aliphatic carboxylic acids is 1. The Morgan fingerprint density at radius 1 is 1.07 bits per heavy atom. The highest BCUT2D eigenvalue weighted by atomic mass is 35.5. The first-order chi connectivity index (χ1) is 13.2. The maximum atomic E-state index is 10.5. The summed E-state index contributed by atoms with van der Waals surface area (Å²) in [5.74, 6) is -1.61. The van der Waals surface area contributed by atoms with Crippen LogP contribution in [0.25, 0.3) is 11.1 Å². The van der Waals surface area contributed by atoms with Gasteiger partial charge in [0.05, 0.1) is 0 Å². The molecule has 0 bridgehead atoms. The van der Waals surface area contributed by atoms with Crippen molar-refractivity contribution in [2.75, 3.05) is 13.7 Å². The molecule has 0 aromatic heterocycles. The van der Waals surface area contributed by atoms with Gasteiger partial charge in [0.1, 0.15) is 6.61 Å². The lowest BCUT2D eigenvalue weighted by Crippen LogP contribution is -2.19. The number of aliphatic hydroxyl groups is 1. The van der Waals surface area contributed by atoms with E-state index in [0.29, 0.717) is 16.5 Å². The smallest absolute Gasteiger partial charge is 0.332 e. The van der Waals surface area contributed by atoms with E-state index in [4.69, 9.17) is 28.3 Å². The van der Waals surface area contributed by atoms with E-state index in [1.807, 2.05) is 36.4 Å². The lowest BCUT2D eigenvalue weighted by molar-refractivity contribution is -0.146. The van der Waals surface area contributed by atoms with Gasteiger partial charge in [-0.2, -0.15) is 0 Å². The molecular formula is C20H23Cl2NO5. The summed E-state index contributed by atoms with van der Waals surface area (Å²) in [5, 5.41) is 19.0. The van der Waals surface area contributed by atoms with Gasteiger partial charge in [-0.05, 0) is 54.2 Å². The van der Waals surface area contributed by atoms with Gasteiger partial charge in [-0.3, -0.25) is 4.79 Å². The van der Waals surface area contributed by atoms with Gasteiger partial charge in [0, 0.05) is 17.2 Å². The van der Waals surface area contributed by atoms with Crippen LogP contribution in [0.3, 0.4) is 0 Å². The van der Waals surface area contributed by atoms with Crippen LogP contribution in [-0.4, -0.2) is 41.9 Å². The molecule has 1 unspecified atom stereocenters. The zero-order chi connectivity index (χ0) is 21.1. The molecule has 1 atom stereocenters. The molecule has 8 heteroatoms. The fraction of sp³-hybridized carbons (Fsp3) is 0.300. The monoisotopic (exact) mass is 427 g/mol. The SMILES string of the molecule is COCC(N)=O.O=C(O)C(O)CCCc1ccc(-c2cc(Cl)cc(Cl)c2)cc1. The minimum atomic E-state index is -1.28. The van der Waals surface area contributed by atoms with Crippen molar-refractivity contribution in [3.63, 3.8) is 0 Å². The lowest BCUT2D eigenvalue weighted by atomic mass is 10.0. The highest BCUT2D eigenvalue weighted by Gasteiger charge is 2.12. The van der Waals surface area contributed by atoms with E-state index in [1.165, 1.54) is 7.11 Å². The number of ether oxygens (including phenoxy) is 1. The van der Waals surface area contributed by atoms with E-state index in [1.54, 1.807) is 6.07 Å². The van der Waals surface area contributed by atoms with Crippen molar-refractivity contribution in [2.45, 2.75) is 25.4 Å². The summed E-state index contributed by atoms with van der Waals surface area (Å²) in [6.07, 6.45) is 0.311. The molecular weight excluding hydrogens is 405 g/mol. The number of hydrogen-bond donors (Lipinski definition) is 3. The fourth-order valence-corrected chi connectivity index (χ4v) is 2.88. The first-order valence-corrected chi connectivity index (χ1v) is 9.22. The van der Waals surface area contributed by atoms with Gasteiger partial charge >= 0.3 is 5.97 Å². The summed E-state index contributed by atoms with van der Waals surface area (Å²) in [4.78, 5) is 20.2. The number of carboxylic acid groups (broad SMARTS) is 1. The maximum Gasteiger partial charge on any atom is 0.332 e. The Bertz CT molecular complexity index is 760. The number of halogens is 2. The number of methoxy groups -OCH3 is 1. The summed E-state index contributed by atoms with van der Waals surface area (Å²) in [5.41, 5.74) is 7.69. The Balaban J connectivity index is 0.000000568. The van der Waals surface area contributed by atoms with Crippen molar-refractivity contribution < 1.29 is 24.5 Å². The number of nitrogens with two attached hydrogens (primary N) is 1. The molecule has 2 rings (SSSR count). The van der Waals surface area contributed by atoms with E-state index < -0.39 is 18.0 Å². The molecule has 2 aromatic carbocycles. The Labute approximate surface area is 173 Å². The number of amides is 1. The zero-order valence-corrected chi connectivity index (χ0v) is 16.9. The summed E-state index contributed by atoms with van der Waals surface area (Å²) in [6.45, 7) is 0.0139. The molecule has 0 fully saturated rings. The average molecular weight is 428 g/mol. The molecule has 0 saturated heterocycles. The summed E-state index contributed by atoms with van der Waals surface area (Å²) < 4.78 is 4.33. The minimum absolute atomic E-state index is 0.0139. The predicted molar refractivity (Wildman–Crippen MR) is 110 cm³/mol. The highest BCUT2D eigenvalue weighted by Crippen LogP contribution is 2.27. The number of benzene rings is 2. The van der Waals surface area contributed by atoms with E-state index in [-0.39, 0.29) is 13.0 Å². The molecule has 0 spiro atoms. The van der Waals surface area contributed by atoms with Crippen LogP contribution in [0.15, 0.2) is 42.5 Å². The first-order valence-electron chi connectivity index (χ1n) is 8.46. The third-order valence-corrected chi connectivity index (χ3v) is 4.10. The second-order valence-electron chi connectivity index (χ2n) is 6.00. The van der Waals surface area contributed by atoms with E-state index in [0.717, 1.165) is 23.1 Å². The number of primary amides is 1. The number of carboxylic acids is 1. The van der Waals surface area contributed by atoms with Gasteiger partial charge in [-0.1, -0.05) is 47.5 Å². The third-order valence-electron chi connectivity index (χ3n) is 3.66. The van der Waals surface area contributed by atoms with Crippen LogP contribution < -0.4 is 5.73 Å². The van der Waals surface area contributed by atoms with Gasteiger partial charge < -0.3 is 20.7 Å². The average Bonchev–Trinajstić information content (AvgIpc) is 2.61. The first kappa shape index (κ1) is 23.9. The molecule has 2 aromatic rings. The van der Waals surface area contributed by atoms with Crippen LogP contribution in [0.1, 0.15) is 18.4 Å². The van der Waals surface area contributed by atoms with Crippen LogP contribution in [-0.2, 0) is 20.7 Å². The molecule has 152 valence electrons. The van der Waals surface area contributed by atoms with Crippen molar-refractivity contribution in [2.24, 2.45) is 5.73 Å².